The van der Waals surface area contributed by atoms with Gasteiger partial charge in [-0.05, 0) is 12.8 Å². The molecule has 0 aromatic rings. The predicted molar refractivity (Wildman–Crippen MR) is 213 cm³/mol. The predicted octanol–water partition coefficient (Wildman–Crippen LogP) is 16.8. The van der Waals surface area contributed by atoms with Gasteiger partial charge in [-0.1, -0.05) is 258 Å². The van der Waals surface area contributed by atoms with E-state index in [4.69, 9.17) is 9.47 Å². The average molecular weight is 679 g/mol. The highest BCUT2D eigenvalue weighted by Crippen LogP contribution is 2.16. The largest absolute Gasteiger partial charge is 0.508 e. The van der Waals surface area contributed by atoms with Gasteiger partial charge in [0, 0.05) is 0 Å². The standard InChI is InChI=1S/C45H90O3/c1-3-5-7-9-11-13-15-17-19-21-23-25-27-29-31-33-35-37-39-41-43-47-45(46)48-44-42-40-38-36-34-32-30-28-26-24-22-20-18-16-14-12-10-8-6-4-2/h3-44H2,1-2H3. The minimum absolute atomic E-state index is 0.467. The molecule has 0 bridgehead atoms. The van der Waals surface area contributed by atoms with E-state index in [2.05, 4.69) is 13.8 Å². The highest BCUT2D eigenvalue weighted by molar-refractivity contribution is 5.59. The maximum Gasteiger partial charge on any atom is 0.508 e. The zero-order chi connectivity index (χ0) is 34.7. The molecule has 288 valence electrons. The summed E-state index contributed by atoms with van der Waals surface area (Å²) in [4.78, 5) is 11.8. The number of carbonyl (C=O) groups is 1. The third-order valence-electron chi connectivity index (χ3n) is 10.4. The van der Waals surface area contributed by atoms with E-state index in [-0.39, 0.29) is 0 Å². The van der Waals surface area contributed by atoms with Crippen LogP contribution < -0.4 is 0 Å². The molecule has 0 spiro atoms. The van der Waals surface area contributed by atoms with Crippen molar-refractivity contribution in [3.63, 3.8) is 0 Å². The van der Waals surface area contributed by atoms with Crippen molar-refractivity contribution in [3.05, 3.63) is 0 Å². The molecule has 3 heteroatoms. The number of hydrogen-bond donors (Lipinski definition) is 0. The SMILES string of the molecule is CCCCCCCCCCCCCCCCCCCCCCOC(=O)OCCCCCCCCCCCCCCCCCCCCCC. The molecule has 0 aromatic carbocycles. The molecular formula is C45H90O3. The molecule has 0 rings (SSSR count). The maximum atomic E-state index is 11.8. The number of unbranched alkanes of at least 4 members (excludes halogenated alkanes) is 38. The Morgan fingerprint density at radius 1 is 0.250 bits per heavy atom. The summed E-state index contributed by atoms with van der Waals surface area (Å²) in [5.74, 6) is 0. The van der Waals surface area contributed by atoms with Gasteiger partial charge in [-0.2, -0.15) is 0 Å². The Morgan fingerprint density at radius 2 is 0.396 bits per heavy atom. The van der Waals surface area contributed by atoms with Crippen LogP contribution in [0.4, 0.5) is 4.79 Å². The Bertz CT molecular complexity index is 529. The summed E-state index contributed by atoms with van der Waals surface area (Å²) in [6.07, 6.45) is 54.7. The van der Waals surface area contributed by atoms with E-state index in [0.29, 0.717) is 13.2 Å². The first-order chi connectivity index (χ1) is 23.8. The van der Waals surface area contributed by atoms with Crippen LogP contribution in [0.2, 0.25) is 0 Å². The van der Waals surface area contributed by atoms with Crippen molar-refractivity contribution in [2.45, 2.75) is 271 Å². The normalized spacial score (nSPS) is 11.4. The Labute approximate surface area is 303 Å². The van der Waals surface area contributed by atoms with Gasteiger partial charge in [0.05, 0.1) is 13.2 Å². The molecule has 0 saturated carbocycles. The molecule has 0 aliphatic carbocycles. The monoisotopic (exact) mass is 679 g/mol. The van der Waals surface area contributed by atoms with E-state index in [9.17, 15) is 4.79 Å². The first-order valence-corrected chi connectivity index (χ1v) is 22.6. The van der Waals surface area contributed by atoms with Crippen LogP contribution in [0.5, 0.6) is 0 Å². The van der Waals surface area contributed by atoms with Crippen molar-refractivity contribution in [3.8, 4) is 0 Å². The average Bonchev–Trinajstić information content (AvgIpc) is 3.09. The third-order valence-corrected chi connectivity index (χ3v) is 10.4. The molecule has 0 saturated heterocycles. The fraction of sp³-hybridized carbons (Fsp3) is 0.978. The van der Waals surface area contributed by atoms with Crippen LogP contribution >= 0.6 is 0 Å². The lowest BCUT2D eigenvalue weighted by Gasteiger charge is -2.07. The summed E-state index contributed by atoms with van der Waals surface area (Å²) in [5, 5.41) is 0. The Morgan fingerprint density at radius 3 is 0.562 bits per heavy atom. The van der Waals surface area contributed by atoms with Crippen molar-refractivity contribution in [2.24, 2.45) is 0 Å². The second kappa shape index (κ2) is 44.3. The number of carbonyl (C=O) groups excluding carboxylic acids is 1. The fourth-order valence-electron chi connectivity index (χ4n) is 7.07. The Hall–Kier alpha value is -0.730. The Balaban J connectivity index is 3.14. The molecular weight excluding hydrogens is 588 g/mol. The lowest BCUT2D eigenvalue weighted by molar-refractivity contribution is 0.0529. The molecule has 0 N–H and O–H groups in total. The van der Waals surface area contributed by atoms with Gasteiger partial charge in [-0.25, -0.2) is 4.79 Å². The van der Waals surface area contributed by atoms with Gasteiger partial charge in [-0.15, -0.1) is 0 Å². The molecule has 0 radical (unpaired) electrons. The van der Waals surface area contributed by atoms with Crippen molar-refractivity contribution in [1.82, 2.24) is 0 Å². The van der Waals surface area contributed by atoms with Crippen molar-refractivity contribution >= 4 is 6.16 Å². The minimum atomic E-state index is -0.467. The zero-order valence-corrected chi connectivity index (χ0v) is 33.4. The molecule has 0 fully saturated rings. The highest BCUT2D eigenvalue weighted by Gasteiger charge is 2.03. The van der Waals surface area contributed by atoms with Crippen LogP contribution in [0, 0.1) is 0 Å². The Kier molecular flexibility index (Phi) is 43.6. The summed E-state index contributed by atoms with van der Waals surface area (Å²) in [6.45, 7) is 5.61. The van der Waals surface area contributed by atoms with Crippen LogP contribution in [0.15, 0.2) is 0 Å². The van der Waals surface area contributed by atoms with Gasteiger partial charge in [0.15, 0.2) is 0 Å². The fourth-order valence-corrected chi connectivity index (χ4v) is 7.07. The molecule has 0 aliphatic rings. The third kappa shape index (κ3) is 43.3. The molecule has 0 unspecified atom stereocenters. The van der Waals surface area contributed by atoms with Gasteiger partial charge in [-0.3, -0.25) is 0 Å². The van der Waals surface area contributed by atoms with Crippen LogP contribution in [0.1, 0.15) is 271 Å². The number of ether oxygens (including phenoxy) is 2. The summed E-state index contributed by atoms with van der Waals surface area (Å²) in [5.41, 5.74) is 0. The summed E-state index contributed by atoms with van der Waals surface area (Å²) in [6, 6.07) is 0. The maximum absolute atomic E-state index is 11.8. The highest BCUT2D eigenvalue weighted by atomic mass is 16.7. The summed E-state index contributed by atoms with van der Waals surface area (Å²) in [7, 11) is 0. The molecule has 48 heavy (non-hydrogen) atoms. The van der Waals surface area contributed by atoms with E-state index in [1.807, 2.05) is 0 Å². The summed E-state index contributed by atoms with van der Waals surface area (Å²) >= 11 is 0. The van der Waals surface area contributed by atoms with Crippen LogP contribution in [0.3, 0.4) is 0 Å². The second-order valence-corrected chi connectivity index (χ2v) is 15.4. The van der Waals surface area contributed by atoms with E-state index < -0.39 is 6.16 Å². The quantitative estimate of drug-likeness (QED) is 0.0476. The van der Waals surface area contributed by atoms with E-state index in [0.717, 1.165) is 25.7 Å². The second-order valence-electron chi connectivity index (χ2n) is 15.4. The smallest absolute Gasteiger partial charge is 0.434 e. The molecule has 0 heterocycles. The molecule has 0 amide bonds. The molecule has 3 nitrogen and oxygen atoms in total. The van der Waals surface area contributed by atoms with Crippen molar-refractivity contribution in [2.75, 3.05) is 13.2 Å². The van der Waals surface area contributed by atoms with E-state index in [1.165, 1.54) is 231 Å². The molecule has 0 aliphatic heterocycles. The van der Waals surface area contributed by atoms with Gasteiger partial charge >= 0.3 is 6.16 Å². The first kappa shape index (κ1) is 47.3. The van der Waals surface area contributed by atoms with Gasteiger partial charge < -0.3 is 9.47 Å². The van der Waals surface area contributed by atoms with E-state index >= 15 is 0 Å². The minimum Gasteiger partial charge on any atom is -0.434 e. The summed E-state index contributed by atoms with van der Waals surface area (Å²) < 4.78 is 10.5. The van der Waals surface area contributed by atoms with Crippen molar-refractivity contribution < 1.29 is 14.3 Å². The van der Waals surface area contributed by atoms with E-state index in [1.54, 1.807) is 0 Å². The van der Waals surface area contributed by atoms with Crippen LogP contribution in [-0.4, -0.2) is 19.4 Å². The lowest BCUT2D eigenvalue weighted by Crippen LogP contribution is -2.09. The first-order valence-electron chi connectivity index (χ1n) is 22.6. The van der Waals surface area contributed by atoms with Crippen LogP contribution in [0.25, 0.3) is 0 Å². The molecule has 0 atom stereocenters. The zero-order valence-electron chi connectivity index (χ0n) is 33.4. The number of rotatable bonds is 42. The lowest BCUT2D eigenvalue weighted by atomic mass is 10.0. The van der Waals surface area contributed by atoms with Crippen molar-refractivity contribution in [1.29, 1.82) is 0 Å². The molecule has 0 aromatic heterocycles. The van der Waals surface area contributed by atoms with Crippen LogP contribution in [-0.2, 0) is 9.47 Å². The van der Waals surface area contributed by atoms with Gasteiger partial charge in [0.25, 0.3) is 0 Å². The number of hydrogen-bond acceptors (Lipinski definition) is 3. The van der Waals surface area contributed by atoms with Gasteiger partial charge in [0.1, 0.15) is 0 Å². The topological polar surface area (TPSA) is 35.5 Å². The van der Waals surface area contributed by atoms with Gasteiger partial charge in [0.2, 0.25) is 0 Å².